The Morgan fingerprint density at radius 3 is 2.96 bits per heavy atom. The number of pyridine rings is 1. The molecule has 1 aliphatic heterocycles. The maximum absolute atomic E-state index is 12.3. The molecule has 1 amide bonds. The number of amides is 1. The summed E-state index contributed by atoms with van der Waals surface area (Å²) in [7, 11) is 0. The van der Waals surface area contributed by atoms with E-state index >= 15 is 0 Å². The van der Waals surface area contributed by atoms with Crippen LogP contribution in [0.2, 0.25) is 5.02 Å². The number of halogens is 1. The van der Waals surface area contributed by atoms with Crippen LogP contribution < -0.4 is 16.2 Å². The van der Waals surface area contributed by atoms with E-state index in [2.05, 4.69) is 26.1 Å². The van der Waals surface area contributed by atoms with Crippen LogP contribution in [0.15, 0.2) is 48.8 Å². The Morgan fingerprint density at radius 2 is 2.12 bits per heavy atom. The molecule has 3 heterocycles. The molecule has 2 aromatic heterocycles. The normalized spacial score (nSPS) is 13.7. The monoisotopic (exact) mass is 339 g/mol. The third-order valence-electron chi connectivity index (χ3n) is 3.83. The van der Waals surface area contributed by atoms with Crippen molar-refractivity contribution in [2.75, 3.05) is 12.0 Å². The lowest BCUT2D eigenvalue weighted by Crippen LogP contribution is -2.22. The molecule has 120 valence electrons. The lowest BCUT2D eigenvalue weighted by Gasteiger charge is -2.13. The Hall–Kier alpha value is -2.99. The number of hydrogen-bond donors (Lipinski definition) is 4. The van der Waals surface area contributed by atoms with E-state index in [1.54, 1.807) is 18.5 Å². The quantitative estimate of drug-likeness (QED) is 0.553. The second-order valence-corrected chi connectivity index (χ2v) is 5.82. The molecule has 6 nitrogen and oxygen atoms in total. The van der Waals surface area contributed by atoms with E-state index in [-0.39, 0.29) is 5.91 Å². The molecular formula is C17H14ClN5O. The number of hydrogen-bond acceptors (Lipinski definition) is 4. The van der Waals surface area contributed by atoms with Gasteiger partial charge in [0, 0.05) is 34.2 Å². The number of hydrazine groups is 1. The van der Waals surface area contributed by atoms with Crippen molar-refractivity contribution in [3.05, 3.63) is 65.1 Å². The molecule has 1 aromatic carbocycles. The smallest absolute Gasteiger partial charge is 0.268 e. The predicted molar refractivity (Wildman–Crippen MR) is 94.6 cm³/mol. The highest BCUT2D eigenvalue weighted by atomic mass is 35.5. The predicted octanol–water partition coefficient (Wildman–Crippen LogP) is 2.92. The van der Waals surface area contributed by atoms with Crippen LogP contribution in [0.4, 0.5) is 5.69 Å². The molecule has 4 rings (SSSR count). The van der Waals surface area contributed by atoms with E-state index in [1.807, 2.05) is 30.3 Å². The standard InChI is InChI=1S/C17H14ClN5O/c18-10-3-4-13-12(8-10)15-14(5-7-20-17(24)16(15)21-13)23-22-11-2-1-6-19-9-11/h1-6,8-9,21-23H,7H2,(H,20,24). The van der Waals surface area contributed by atoms with Crippen molar-refractivity contribution in [1.29, 1.82) is 0 Å². The molecule has 0 radical (unpaired) electrons. The Kier molecular flexibility index (Phi) is 3.59. The van der Waals surface area contributed by atoms with Gasteiger partial charge in [-0.2, -0.15) is 0 Å². The summed E-state index contributed by atoms with van der Waals surface area (Å²) >= 11 is 6.14. The van der Waals surface area contributed by atoms with Crippen molar-refractivity contribution in [3.63, 3.8) is 0 Å². The van der Waals surface area contributed by atoms with Gasteiger partial charge in [-0.25, -0.2) is 0 Å². The number of nitrogens with one attached hydrogen (secondary N) is 4. The number of nitrogens with zero attached hydrogens (tertiary/aromatic N) is 1. The minimum absolute atomic E-state index is 0.147. The van der Waals surface area contributed by atoms with E-state index in [0.717, 1.165) is 27.9 Å². The van der Waals surface area contributed by atoms with Crippen molar-refractivity contribution >= 4 is 39.8 Å². The Balaban J connectivity index is 1.77. The molecule has 7 heteroatoms. The molecule has 0 aliphatic carbocycles. The van der Waals surface area contributed by atoms with Gasteiger partial charge in [0.1, 0.15) is 5.69 Å². The molecule has 0 fully saturated rings. The first-order chi connectivity index (χ1) is 11.7. The summed E-state index contributed by atoms with van der Waals surface area (Å²) in [6, 6.07) is 9.25. The summed E-state index contributed by atoms with van der Waals surface area (Å²) in [4.78, 5) is 19.5. The highest BCUT2D eigenvalue weighted by Gasteiger charge is 2.23. The molecule has 1 aliphatic rings. The van der Waals surface area contributed by atoms with Gasteiger partial charge in [0.05, 0.1) is 17.6 Å². The maximum atomic E-state index is 12.3. The zero-order chi connectivity index (χ0) is 16.5. The van der Waals surface area contributed by atoms with Gasteiger partial charge in [0.25, 0.3) is 5.91 Å². The lowest BCUT2D eigenvalue weighted by molar-refractivity contribution is 0.0954. The molecule has 0 spiro atoms. The number of carbonyl (C=O) groups is 1. The fourth-order valence-electron chi connectivity index (χ4n) is 2.74. The third-order valence-corrected chi connectivity index (χ3v) is 4.06. The van der Waals surface area contributed by atoms with Crippen molar-refractivity contribution in [2.45, 2.75) is 0 Å². The fourth-order valence-corrected chi connectivity index (χ4v) is 2.91. The summed E-state index contributed by atoms with van der Waals surface area (Å²) in [6.45, 7) is 0.431. The van der Waals surface area contributed by atoms with E-state index < -0.39 is 0 Å². The SMILES string of the molecule is O=C1NCC=C(NNc2cccnc2)c2c1[nH]c1ccc(Cl)cc21. The maximum Gasteiger partial charge on any atom is 0.268 e. The van der Waals surface area contributed by atoms with Gasteiger partial charge in [-0.1, -0.05) is 11.6 Å². The molecule has 24 heavy (non-hydrogen) atoms. The van der Waals surface area contributed by atoms with Gasteiger partial charge in [-0.15, -0.1) is 0 Å². The van der Waals surface area contributed by atoms with Crippen LogP contribution in [0.5, 0.6) is 0 Å². The Bertz CT molecular complexity index is 948. The summed E-state index contributed by atoms with van der Waals surface area (Å²) < 4.78 is 0. The molecule has 3 aromatic rings. The van der Waals surface area contributed by atoms with Gasteiger partial charge in [0.2, 0.25) is 0 Å². The van der Waals surface area contributed by atoms with Gasteiger partial charge >= 0.3 is 0 Å². The number of carbonyl (C=O) groups excluding carboxylic acids is 1. The van der Waals surface area contributed by atoms with E-state index in [9.17, 15) is 4.79 Å². The molecule has 0 unspecified atom stereocenters. The molecule has 0 bridgehead atoms. The number of aromatic nitrogens is 2. The average Bonchev–Trinajstić information content (AvgIpc) is 2.89. The molecule has 0 saturated carbocycles. The number of rotatable bonds is 3. The van der Waals surface area contributed by atoms with Crippen molar-refractivity contribution in [3.8, 4) is 0 Å². The largest absolute Gasteiger partial charge is 0.350 e. The van der Waals surface area contributed by atoms with Crippen LogP contribution in [0, 0.1) is 0 Å². The summed E-state index contributed by atoms with van der Waals surface area (Å²) in [5.74, 6) is -0.147. The highest BCUT2D eigenvalue weighted by Crippen LogP contribution is 2.31. The van der Waals surface area contributed by atoms with Crippen LogP contribution >= 0.6 is 11.6 Å². The Labute approximate surface area is 142 Å². The van der Waals surface area contributed by atoms with E-state index in [0.29, 0.717) is 17.3 Å². The number of aromatic amines is 1. The van der Waals surface area contributed by atoms with Crippen LogP contribution in [0.1, 0.15) is 16.1 Å². The Morgan fingerprint density at radius 1 is 1.21 bits per heavy atom. The minimum Gasteiger partial charge on any atom is -0.350 e. The van der Waals surface area contributed by atoms with E-state index in [4.69, 9.17) is 11.6 Å². The van der Waals surface area contributed by atoms with Crippen LogP contribution in [0.3, 0.4) is 0 Å². The topological polar surface area (TPSA) is 81.8 Å². The van der Waals surface area contributed by atoms with Crippen LogP contribution in [-0.4, -0.2) is 22.4 Å². The number of fused-ring (bicyclic) bond motifs is 3. The van der Waals surface area contributed by atoms with Crippen molar-refractivity contribution in [1.82, 2.24) is 20.7 Å². The fraction of sp³-hybridized carbons (Fsp3) is 0.0588. The van der Waals surface area contributed by atoms with Crippen LogP contribution in [0.25, 0.3) is 16.6 Å². The first kappa shape index (κ1) is 14.6. The number of anilines is 1. The molecule has 0 saturated heterocycles. The molecule has 0 atom stereocenters. The average molecular weight is 340 g/mol. The summed E-state index contributed by atoms with van der Waals surface area (Å²) in [6.07, 6.45) is 5.33. The third kappa shape index (κ3) is 2.57. The number of H-pyrrole nitrogens is 1. The van der Waals surface area contributed by atoms with Gasteiger partial charge in [-0.3, -0.25) is 15.2 Å². The van der Waals surface area contributed by atoms with E-state index in [1.165, 1.54) is 0 Å². The van der Waals surface area contributed by atoms with Crippen molar-refractivity contribution < 1.29 is 4.79 Å². The first-order valence-electron chi connectivity index (χ1n) is 7.44. The lowest BCUT2D eigenvalue weighted by atomic mass is 10.1. The summed E-state index contributed by atoms with van der Waals surface area (Å²) in [5, 5.41) is 4.35. The zero-order valence-corrected chi connectivity index (χ0v) is 13.3. The first-order valence-corrected chi connectivity index (χ1v) is 7.82. The second kappa shape index (κ2) is 5.90. The van der Waals surface area contributed by atoms with Gasteiger partial charge in [0.15, 0.2) is 0 Å². The number of benzene rings is 1. The zero-order valence-electron chi connectivity index (χ0n) is 12.6. The molecule has 4 N–H and O–H groups in total. The highest BCUT2D eigenvalue weighted by molar-refractivity contribution is 6.31. The van der Waals surface area contributed by atoms with Gasteiger partial charge < -0.3 is 15.7 Å². The van der Waals surface area contributed by atoms with Gasteiger partial charge in [-0.05, 0) is 36.4 Å². The van der Waals surface area contributed by atoms with Crippen molar-refractivity contribution in [2.24, 2.45) is 0 Å². The second-order valence-electron chi connectivity index (χ2n) is 5.38. The summed E-state index contributed by atoms with van der Waals surface area (Å²) in [5.41, 5.74) is 10.0. The molecular weight excluding hydrogens is 326 g/mol. The van der Waals surface area contributed by atoms with Crippen LogP contribution in [-0.2, 0) is 0 Å². The minimum atomic E-state index is -0.147.